The summed E-state index contributed by atoms with van der Waals surface area (Å²) in [5.74, 6) is 2.49. The first-order valence-electron chi connectivity index (χ1n) is 10.5. The Bertz CT molecular complexity index is 1190. The molecule has 0 radical (unpaired) electrons. The van der Waals surface area contributed by atoms with E-state index in [9.17, 15) is 0 Å². The van der Waals surface area contributed by atoms with Crippen molar-refractivity contribution in [3.8, 4) is 22.9 Å². The topological polar surface area (TPSA) is 77.5 Å². The summed E-state index contributed by atoms with van der Waals surface area (Å²) in [5.41, 5.74) is 2.99. The second kappa shape index (κ2) is 6.76. The maximum atomic E-state index is 5.04. The number of rotatable bonds is 4. The minimum Gasteiger partial charge on any atom is -0.341 e. The summed E-state index contributed by atoms with van der Waals surface area (Å²) < 4.78 is 3.85. The van der Waals surface area contributed by atoms with Gasteiger partial charge in [-0.3, -0.25) is 4.57 Å². The van der Waals surface area contributed by atoms with Gasteiger partial charge in [-0.15, -0.1) is 10.2 Å². The van der Waals surface area contributed by atoms with Crippen LogP contribution in [0, 0.1) is 0 Å². The Morgan fingerprint density at radius 1 is 1.10 bits per heavy atom. The van der Waals surface area contributed by atoms with Gasteiger partial charge in [0, 0.05) is 11.6 Å². The summed E-state index contributed by atoms with van der Waals surface area (Å²) in [6.07, 6.45) is 10.0. The molecular formula is C22H22N8. The van der Waals surface area contributed by atoms with Gasteiger partial charge in [-0.05, 0) is 31.7 Å². The van der Waals surface area contributed by atoms with E-state index in [1.54, 1.807) is 12.5 Å². The average Bonchev–Trinajstić information content (AvgIpc) is 3.43. The van der Waals surface area contributed by atoms with Crippen molar-refractivity contribution in [3.05, 3.63) is 60.9 Å². The zero-order valence-electron chi connectivity index (χ0n) is 16.8. The molecule has 0 spiro atoms. The third-order valence-electron chi connectivity index (χ3n) is 6.21. The van der Waals surface area contributed by atoms with E-state index in [2.05, 4.69) is 44.2 Å². The van der Waals surface area contributed by atoms with Crippen molar-refractivity contribution in [3.63, 3.8) is 0 Å². The van der Waals surface area contributed by atoms with Crippen LogP contribution in [-0.4, -0.2) is 40.6 Å². The molecule has 1 aromatic carbocycles. The standard InChI is InChI=1S/C22H22N8/c1-2-17-21-27-24-14-28(21)19-13-23-22(26-20(19)29(17)16-9-6-10-16)30-18(11-12-25-30)15-7-4-3-5-8-15/h3-5,7-8,11-14,16-17H,2,6,9-10H2,1H3/t17-/m1/s1. The molecule has 1 fully saturated rings. The number of nitrogens with zero attached hydrogens (tertiary/aromatic N) is 8. The van der Waals surface area contributed by atoms with Crippen LogP contribution < -0.4 is 4.90 Å². The van der Waals surface area contributed by atoms with Gasteiger partial charge in [0.1, 0.15) is 12.0 Å². The third-order valence-corrected chi connectivity index (χ3v) is 6.21. The Balaban J connectivity index is 1.51. The second-order valence-corrected chi connectivity index (χ2v) is 7.85. The lowest BCUT2D eigenvalue weighted by atomic mass is 9.89. The number of fused-ring (bicyclic) bond motifs is 3. The van der Waals surface area contributed by atoms with Gasteiger partial charge >= 0.3 is 0 Å². The van der Waals surface area contributed by atoms with Crippen LogP contribution in [0.2, 0.25) is 0 Å². The summed E-state index contributed by atoms with van der Waals surface area (Å²) in [5, 5.41) is 13.1. The number of hydrogen-bond donors (Lipinski definition) is 0. The second-order valence-electron chi connectivity index (χ2n) is 7.85. The zero-order valence-corrected chi connectivity index (χ0v) is 16.8. The van der Waals surface area contributed by atoms with Crippen molar-refractivity contribution in [2.24, 2.45) is 0 Å². The number of aromatic nitrogens is 7. The summed E-state index contributed by atoms with van der Waals surface area (Å²) in [6, 6.07) is 12.8. The maximum absolute atomic E-state index is 5.04. The molecule has 1 aliphatic heterocycles. The van der Waals surface area contributed by atoms with E-state index in [4.69, 9.17) is 4.98 Å². The summed E-state index contributed by atoms with van der Waals surface area (Å²) >= 11 is 0. The smallest absolute Gasteiger partial charge is 0.253 e. The van der Waals surface area contributed by atoms with E-state index >= 15 is 0 Å². The molecule has 4 aromatic rings. The fourth-order valence-electron chi connectivity index (χ4n) is 4.51. The van der Waals surface area contributed by atoms with Crippen LogP contribution >= 0.6 is 0 Å². The first-order chi connectivity index (χ1) is 14.8. The van der Waals surface area contributed by atoms with Crippen molar-refractivity contribution >= 4 is 5.82 Å². The van der Waals surface area contributed by atoms with E-state index in [-0.39, 0.29) is 6.04 Å². The molecule has 2 aliphatic rings. The van der Waals surface area contributed by atoms with E-state index in [0.29, 0.717) is 12.0 Å². The quantitative estimate of drug-likeness (QED) is 0.521. The van der Waals surface area contributed by atoms with Crippen LogP contribution in [0.15, 0.2) is 55.1 Å². The highest BCUT2D eigenvalue weighted by atomic mass is 15.4. The van der Waals surface area contributed by atoms with Crippen molar-refractivity contribution in [2.45, 2.75) is 44.7 Å². The zero-order chi connectivity index (χ0) is 20.1. The number of anilines is 1. The van der Waals surface area contributed by atoms with Crippen molar-refractivity contribution in [1.29, 1.82) is 0 Å². The molecule has 0 unspecified atom stereocenters. The number of benzene rings is 1. The minimum absolute atomic E-state index is 0.166. The molecule has 1 aliphatic carbocycles. The molecule has 30 heavy (non-hydrogen) atoms. The molecule has 8 nitrogen and oxygen atoms in total. The molecule has 6 rings (SSSR count). The molecule has 4 heterocycles. The third kappa shape index (κ3) is 2.49. The van der Waals surface area contributed by atoms with Crippen LogP contribution in [0.25, 0.3) is 22.9 Å². The Kier molecular flexibility index (Phi) is 3.90. The summed E-state index contributed by atoms with van der Waals surface area (Å²) in [6.45, 7) is 2.20. The predicted octanol–water partition coefficient (Wildman–Crippen LogP) is 3.73. The van der Waals surface area contributed by atoms with Crippen LogP contribution in [0.4, 0.5) is 5.82 Å². The van der Waals surface area contributed by atoms with E-state index in [0.717, 1.165) is 35.0 Å². The van der Waals surface area contributed by atoms with Crippen molar-refractivity contribution in [1.82, 2.24) is 34.5 Å². The SMILES string of the molecule is CC[C@@H]1c2nncn2-c2cnc(-n3nccc3-c3ccccc3)nc2N1C1CCC1. The highest BCUT2D eigenvalue weighted by Gasteiger charge is 2.39. The highest BCUT2D eigenvalue weighted by molar-refractivity contribution is 5.64. The monoisotopic (exact) mass is 398 g/mol. The largest absolute Gasteiger partial charge is 0.341 e. The molecular weight excluding hydrogens is 376 g/mol. The highest BCUT2D eigenvalue weighted by Crippen LogP contribution is 2.43. The molecule has 1 saturated carbocycles. The lowest BCUT2D eigenvalue weighted by molar-refractivity contribution is 0.341. The normalized spacial score (nSPS) is 18.0. The fourth-order valence-corrected chi connectivity index (χ4v) is 4.51. The Hall–Kier alpha value is -3.55. The van der Waals surface area contributed by atoms with Gasteiger partial charge in [-0.2, -0.15) is 14.8 Å². The van der Waals surface area contributed by atoms with Crippen molar-refractivity contribution in [2.75, 3.05) is 4.90 Å². The summed E-state index contributed by atoms with van der Waals surface area (Å²) in [7, 11) is 0. The molecule has 0 saturated heterocycles. The van der Waals surface area contributed by atoms with Gasteiger partial charge in [0.15, 0.2) is 11.6 Å². The Labute approximate surface area is 174 Å². The minimum atomic E-state index is 0.166. The molecule has 1 atom stereocenters. The van der Waals surface area contributed by atoms with E-state index in [1.807, 2.05) is 39.7 Å². The number of hydrogen-bond acceptors (Lipinski definition) is 6. The lowest BCUT2D eigenvalue weighted by Gasteiger charge is -2.45. The predicted molar refractivity (Wildman–Crippen MR) is 113 cm³/mol. The molecule has 3 aromatic heterocycles. The van der Waals surface area contributed by atoms with Crippen LogP contribution in [0.3, 0.4) is 0 Å². The Morgan fingerprint density at radius 3 is 2.73 bits per heavy atom. The van der Waals surface area contributed by atoms with Gasteiger partial charge in [-0.1, -0.05) is 37.3 Å². The van der Waals surface area contributed by atoms with Crippen LogP contribution in [0.5, 0.6) is 0 Å². The average molecular weight is 398 g/mol. The first-order valence-corrected chi connectivity index (χ1v) is 10.5. The molecule has 0 N–H and O–H groups in total. The van der Waals surface area contributed by atoms with Gasteiger partial charge in [-0.25, -0.2) is 4.98 Å². The summed E-state index contributed by atoms with van der Waals surface area (Å²) in [4.78, 5) is 12.2. The van der Waals surface area contributed by atoms with Crippen LogP contribution in [-0.2, 0) is 0 Å². The fraction of sp³-hybridized carbons (Fsp3) is 0.318. The molecule has 0 bridgehead atoms. The van der Waals surface area contributed by atoms with Crippen molar-refractivity contribution < 1.29 is 0 Å². The van der Waals surface area contributed by atoms with Gasteiger partial charge in [0.25, 0.3) is 5.95 Å². The first kappa shape index (κ1) is 17.3. The Morgan fingerprint density at radius 2 is 1.97 bits per heavy atom. The van der Waals surface area contributed by atoms with Gasteiger partial charge in [0.2, 0.25) is 0 Å². The molecule has 8 heteroatoms. The van der Waals surface area contributed by atoms with E-state index in [1.165, 1.54) is 19.3 Å². The van der Waals surface area contributed by atoms with Gasteiger partial charge in [0.05, 0.1) is 24.1 Å². The van der Waals surface area contributed by atoms with Crippen LogP contribution in [0.1, 0.15) is 44.5 Å². The van der Waals surface area contributed by atoms with Gasteiger partial charge < -0.3 is 4.90 Å². The lowest BCUT2D eigenvalue weighted by Crippen LogP contribution is -2.46. The van der Waals surface area contributed by atoms with E-state index < -0.39 is 0 Å². The molecule has 0 amide bonds. The molecule has 150 valence electrons. The maximum Gasteiger partial charge on any atom is 0.253 e.